The van der Waals surface area contributed by atoms with Crippen LogP contribution in [0.3, 0.4) is 0 Å². The number of amides is 1. The number of halogens is 3. The number of ether oxygens (including phenoxy) is 1. The zero-order chi connectivity index (χ0) is 25.3. The molecule has 0 unspecified atom stereocenters. The topological polar surface area (TPSA) is 81.1 Å². The largest absolute Gasteiger partial charge is 0.573 e. The van der Waals surface area contributed by atoms with Crippen molar-refractivity contribution in [3.05, 3.63) is 90.3 Å². The molecule has 0 aliphatic rings. The highest BCUT2D eigenvalue weighted by Gasteiger charge is 2.31. The van der Waals surface area contributed by atoms with Gasteiger partial charge in [0.25, 0.3) is 0 Å². The van der Waals surface area contributed by atoms with Gasteiger partial charge >= 0.3 is 6.36 Å². The number of para-hydroxylation sites is 1. The fourth-order valence-corrected chi connectivity index (χ4v) is 3.09. The van der Waals surface area contributed by atoms with Gasteiger partial charge in [-0.05, 0) is 55.4 Å². The van der Waals surface area contributed by atoms with Gasteiger partial charge in [0.15, 0.2) is 5.82 Å². The Morgan fingerprint density at radius 3 is 2.29 bits per heavy atom. The summed E-state index contributed by atoms with van der Waals surface area (Å²) in [5.74, 6) is 0.253. The van der Waals surface area contributed by atoms with Crippen molar-refractivity contribution in [2.45, 2.75) is 19.8 Å². The first-order chi connectivity index (χ1) is 16.8. The number of nitrogens with one attached hydrogen (secondary N) is 2. The SMILES string of the molecule is CNCc1ccc(-c2ncn(-c3ccc(OC(F)(F)F)cc3)n2)cc1.Cc1ccccc1NC=O. The van der Waals surface area contributed by atoms with Crippen molar-refractivity contribution in [2.24, 2.45) is 0 Å². The lowest BCUT2D eigenvalue weighted by Gasteiger charge is -2.09. The van der Waals surface area contributed by atoms with Crippen LogP contribution in [0, 0.1) is 6.92 Å². The zero-order valence-corrected chi connectivity index (χ0v) is 19.1. The van der Waals surface area contributed by atoms with Gasteiger partial charge in [-0.25, -0.2) is 9.67 Å². The van der Waals surface area contributed by atoms with Crippen molar-refractivity contribution in [1.82, 2.24) is 20.1 Å². The molecule has 10 heteroatoms. The molecule has 4 rings (SSSR count). The van der Waals surface area contributed by atoms with Crippen LogP contribution in [0.1, 0.15) is 11.1 Å². The summed E-state index contributed by atoms with van der Waals surface area (Å²) in [6.45, 7) is 2.72. The first-order valence-corrected chi connectivity index (χ1v) is 10.6. The molecule has 4 aromatic rings. The van der Waals surface area contributed by atoms with Gasteiger partial charge in [-0.3, -0.25) is 4.79 Å². The molecule has 0 bridgehead atoms. The van der Waals surface area contributed by atoms with Crippen LogP contribution in [0.4, 0.5) is 18.9 Å². The number of carbonyl (C=O) groups is 1. The third kappa shape index (κ3) is 7.68. The highest BCUT2D eigenvalue weighted by molar-refractivity contribution is 5.73. The number of alkyl halides is 3. The molecular formula is C25H24F3N5O2. The lowest BCUT2D eigenvalue weighted by Crippen LogP contribution is -2.17. The quantitative estimate of drug-likeness (QED) is 0.357. The molecule has 1 aromatic heterocycles. The van der Waals surface area contributed by atoms with Gasteiger partial charge in [0.2, 0.25) is 6.41 Å². The second-order valence-electron chi connectivity index (χ2n) is 7.36. The summed E-state index contributed by atoms with van der Waals surface area (Å²) < 4.78 is 41.9. The van der Waals surface area contributed by atoms with Crippen LogP contribution in [0.2, 0.25) is 0 Å². The Balaban J connectivity index is 0.000000287. The molecule has 0 saturated heterocycles. The van der Waals surface area contributed by atoms with E-state index >= 15 is 0 Å². The maximum absolute atomic E-state index is 12.2. The molecule has 0 saturated carbocycles. The van der Waals surface area contributed by atoms with E-state index in [0.29, 0.717) is 17.9 Å². The van der Waals surface area contributed by atoms with Crippen LogP contribution < -0.4 is 15.4 Å². The highest BCUT2D eigenvalue weighted by Crippen LogP contribution is 2.24. The summed E-state index contributed by atoms with van der Waals surface area (Å²) in [6.07, 6.45) is -2.51. The molecule has 1 amide bonds. The molecule has 2 N–H and O–H groups in total. The van der Waals surface area contributed by atoms with E-state index < -0.39 is 6.36 Å². The Hall–Kier alpha value is -4.18. The minimum atomic E-state index is -4.71. The summed E-state index contributed by atoms with van der Waals surface area (Å²) in [6, 6.07) is 20.9. The van der Waals surface area contributed by atoms with E-state index in [9.17, 15) is 18.0 Å². The van der Waals surface area contributed by atoms with E-state index in [1.807, 2.05) is 62.5 Å². The van der Waals surface area contributed by atoms with Gasteiger partial charge in [-0.15, -0.1) is 18.3 Å². The van der Waals surface area contributed by atoms with Gasteiger partial charge in [0.1, 0.15) is 12.1 Å². The van der Waals surface area contributed by atoms with Crippen LogP contribution in [0.5, 0.6) is 5.75 Å². The van der Waals surface area contributed by atoms with Crippen LogP contribution in [-0.4, -0.2) is 34.6 Å². The standard InChI is InChI=1S/C17H15F3N4O.C8H9NO/c1-21-10-12-2-4-13(5-3-12)16-22-11-24(23-16)14-6-8-15(9-7-14)25-17(18,19)20;1-7-4-2-3-5-8(7)9-6-10/h2-9,11,21H,10H2,1H3;2-6H,1H3,(H,9,10). The van der Waals surface area contributed by atoms with E-state index in [-0.39, 0.29) is 5.75 Å². The van der Waals surface area contributed by atoms with Crippen molar-refractivity contribution in [1.29, 1.82) is 0 Å². The third-order valence-corrected chi connectivity index (χ3v) is 4.78. The number of aryl methyl sites for hydroxylation is 1. The van der Waals surface area contributed by atoms with Crippen molar-refractivity contribution in [2.75, 3.05) is 12.4 Å². The Kier molecular flexibility index (Phi) is 8.58. The summed E-state index contributed by atoms with van der Waals surface area (Å²) in [4.78, 5) is 14.3. The van der Waals surface area contributed by atoms with Crippen LogP contribution in [0.15, 0.2) is 79.1 Å². The summed E-state index contributed by atoms with van der Waals surface area (Å²) >= 11 is 0. The van der Waals surface area contributed by atoms with Crippen molar-refractivity contribution in [3.8, 4) is 22.8 Å². The van der Waals surface area contributed by atoms with E-state index in [2.05, 4.69) is 25.5 Å². The predicted octanol–water partition coefficient (Wildman–Crippen LogP) is 5.12. The number of rotatable bonds is 7. The molecule has 0 fully saturated rings. The van der Waals surface area contributed by atoms with Gasteiger partial charge < -0.3 is 15.4 Å². The van der Waals surface area contributed by atoms with Crippen molar-refractivity contribution >= 4 is 12.1 Å². The van der Waals surface area contributed by atoms with Crippen molar-refractivity contribution < 1.29 is 22.7 Å². The average Bonchev–Trinajstić information content (AvgIpc) is 3.32. The first-order valence-electron chi connectivity index (χ1n) is 10.6. The Morgan fingerprint density at radius 1 is 1.00 bits per heavy atom. The van der Waals surface area contributed by atoms with E-state index in [1.54, 1.807) is 0 Å². The Bertz CT molecular complexity index is 1220. The molecule has 0 aliphatic heterocycles. The fourth-order valence-electron chi connectivity index (χ4n) is 3.09. The monoisotopic (exact) mass is 483 g/mol. The third-order valence-electron chi connectivity index (χ3n) is 4.78. The number of hydrogen-bond donors (Lipinski definition) is 2. The molecule has 0 aliphatic carbocycles. The number of nitrogens with zero attached hydrogens (tertiary/aromatic N) is 3. The Labute approximate surface area is 200 Å². The zero-order valence-electron chi connectivity index (χ0n) is 19.1. The highest BCUT2D eigenvalue weighted by atomic mass is 19.4. The Morgan fingerprint density at radius 2 is 1.69 bits per heavy atom. The molecular weight excluding hydrogens is 459 g/mol. The van der Waals surface area contributed by atoms with Gasteiger partial charge in [0, 0.05) is 17.8 Å². The number of benzene rings is 3. The van der Waals surface area contributed by atoms with E-state index in [0.717, 1.165) is 28.9 Å². The summed E-state index contributed by atoms with van der Waals surface area (Å²) in [5.41, 5.74) is 4.54. The smallest absolute Gasteiger partial charge is 0.406 e. The summed E-state index contributed by atoms with van der Waals surface area (Å²) in [7, 11) is 1.88. The maximum Gasteiger partial charge on any atom is 0.573 e. The second-order valence-corrected chi connectivity index (χ2v) is 7.36. The second kappa shape index (κ2) is 11.8. The molecule has 0 atom stereocenters. The van der Waals surface area contributed by atoms with Crippen LogP contribution in [-0.2, 0) is 11.3 Å². The van der Waals surface area contributed by atoms with Crippen LogP contribution >= 0.6 is 0 Å². The predicted molar refractivity (Wildman–Crippen MR) is 127 cm³/mol. The van der Waals surface area contributed by atoms with E-state index in [1.165, 1.54) is 35.3 Å². The average molecular weight is 483 g/mol. The molecule has 35 heavy (non-hydrogen) atoms. The molecule has 7 nitrogen and oxygen atoms in total. The first kappa shape index (κ1) is 25.4. The van der Waals surface area contributed by atoms with Gasteiger partial charge in [-0.1, -0.05) is 42.5 Å². The number of anilines is 1. The summed E-state index contributed by atoms with van der Waals surface area (Å²) in [5, 5.41) is 10.0. The molecule has 0 radical (unpaired) electrons. The molecule has 3 aromatic carbocycles. The molecule has 1 heterocycles. The minimum absolute atomic E-state index is 0.281. The van der Waals surface area contributed by atoms with Gasteiger partial charge in [-0.2, -0.15) is 0 Å². The van der Waals surface area contributed by atoms with E-state index in [4.69, 9.17) is 0 Å². The fraction of sp³-hybridized carbons (Fsp3) is 0.160. The number of carbonyl (C=O) groups excluding carboxylic acids is 1. The normalized spacial score (nSPS) is 10.8. The molecule has 0 spiro atoms. The number of aromatic nitrogens is 3. The lowest BCUT2D eigenvalue weighted by atomic mass is 10.1. The van der Waals surface area contributed by atoms with Crippen LogP contribution in [0.25, 0.3) is 17.1 Å². The van der Waals surface area contributed by atoms with Crippen molar-refractivity contribution in [3.63, 3.8) is 0 Å². The van der Waals surface area contributed by atoms with Gasteiger partial charge in [0.05, 0.1) is 5.69 Å². The lowest BCUT2D eigenvalue weighted by molar-refractivity contribution is -0.274. The minimum Gasteiger partial charge on any atom is -0.406 e. The number of hydrogen-bond acceptors (Lipinski definition) is 5. The molecule has 182 valence electrons. The maximum atomic E-state index is 12.2.